The van der Waals surface area contributed by atoms with Gasteiger partial charge in [-0.05, 0) is 43.2 Å². The van der Waals surface area contributed by atoms with Crippen molar-refractivity contribution in [1.82, 2.24) is 4.90 Å². The summed E-state index contributed by atoms with van der Waals surface area (Å²) in [6.45, 7) is 8.39. The summed E-state index contributed by atoms with van der Waals surface area (Å²) in [5.74, 6) is 0.431. The normalized spacial score (nSPS) is 14.3. The molecule has 0 bridgehead atoms. The molecule has 2 aromatic carbocycles. The first-order valence-corrected chi connectivity index (χ1v) is 10.7. The molecule has 3 rings (SSSR count). The molecule has 0 aromatic heterocycles. The van der Waals surface area contributed by atoms with Crippen LogP contribution in [0.5, 0.6) is 5.75 Å². The molecule has 31 heavy (non-hydrogen) atoms. The van der Waals surface area contributed by atoms with Crippen LogP contribution in [0.2, 0.25) is 0 Å². The van der Waals surface area contributed by atoms with Crippen molar-refractivity contribution < 1.29 is 19.2 Å². The van der Waals surface area contributed by atoms with Gasteiger partial charge < -0.3 is 24.8 Å². The SMILES string of the molecule is COc1cccc(NC(=O)CN(C)C(=O)C[NH+]2CCN(c3cccc(C)c3C)CC2)c1. The van der Waals surface area contributed by atoms with Crippen LogP contribution in [-0.2, 0) is 9.59 Å². The Bertz CT molecular complexity index is 923. The number of carbonyl (C=O) groups is 2. The number of nitrogens with zero attached hydrogens (tertiary/aromatic N) is 2. The Morgan fingerprint density at radius 2 is 1.84 bits per heavy atom. The van der Waals surface area contributed by atoms with E-state index in [2.05, 4.69) is 42.3 Å². The molecule has 1 heterocycles. The molecule has 0 unspecified atom stereocenters. The van der Waals surface area contributed by atoms with Crippen LogP contribution in [-0.4, -0.2) is 70.1 Å². The Morgan fingerprint density at radius 1 is 1.13 bits per heavy atom. The van der Waals surface area contributed by atoms with E-state index in [-0.39, 0.29) is 18.4 Å². The summed E-state index contributed by atoms with van der Waals surface area (Å²) in [4.78, 5) is 30.1. The largest absolute Gasteiger partial charge is 0.497 e. The smallest absolute Gasteiger partial charge is 0.277 e. The highest BCUT2D eigenvalue weighted by atomic mass is 16.5. The number of hydrogen-bond acceptors (Lipinski definition) is 4. The molecule has 0 radical (unpaired) electrons. The van der Waals surface area contributed by atoms with Crippen LogP contribution in [0.1, 0.15) is 11.1 Å². The van der Waals surface area contributed by atoms with Crippen LogP contribution in [0.15, 0.2) is 42.5 Å². The van der Waals surface area contributed by atoms with Crippen molar-refractivity contribution in [2.75, 3.05) is 63.6 Å². The van der Waals surface area contributed by atoms with E-state index in [0.29, 0.717) is 18.0 Å². The molecule has 1 fully saturated rings. The van der Waals surface area contributed by atoms with Gasteiger partial charge in [-0.15, -0.1) is 0 Å². The Labute approximate surface area is 184 Å². The number of anilines is 2. The van der Waals surface area contributed by atoms with Crippen LogP contribution >= 0.6 is 0 Å². The van der Waals surface area contributed by atoms with Gasteiger partial charge in [0.2, 0.25) is 5.91 Å². The molecule has 166 valence electrons. The number of quaternary nitrogens is 1. The Morgan fingerprint density at radius 3 is 2.55 bits per heavy atom. The number of piperazine rings is 1. The molecule has 7 heteroatoms. The summed E-state index contributed by atoms with van der Waals surface area (Å²) in [5, 5.41) is 2.81. The highest BCUT2D eigenvalue weighted by Crippen LogP contribution is 2.22. The van der Waals surface area contributed by atoms with E-state index >= 15 is 0 Å². The van der Waals surface area contributed by atoms with Crippen LogP contribution < -0.4 is 19.9 Å². The van der Waals surface area contributed by atoms with Gasteiger partial charge in [0.05, 0.1) is 39.8 Å². The van der Waals surface area contributed by atoms with Gasteiger partial charge in [0.25, 0.3) is 5.91 Å². The van der Waals surface area contributed by atoms with Crippen LogP contribution in [0, 0.1) is 13.8 Å². The van der Waals surface area contributed by atoms with E-state index < -0.39 is 0 Å². The lowest BCUT2D eigenvalue weighted by atomic mass is 10.1. The third-order valence-electron chi connectivity index (χ3n) is 5.95. The number of amides is 2. The lowest BCUT2D eigenvalue weighted by Gasteiger charge is -2.35. The average molecular weight is 426 g/mol. The van der Waals surface area contributed by atoms with Crippen molar-refractivity contribution in [3.8, 4) is 5.75 Å². The zero-order valence-electron chi connectivity index (χ0n) is 18.9. The molecule has 2 amide bonds. The first kappa shape index (κ1) is 22.6. The fraction of sp³-hybridized carbons (Fsp3) is 0.417. The van der Waals surface area contributed by atoms with E-state index in [4.69, 9.17) is 4.74 Å². The first-order chi connectivity index (χ1) is 14.9. The zero-order valence-corrected chi connectivity index (χ0v) is 18.9. The molecule has 0 saturated carbocycles. The number of carbonyl (C=O) groups excluding carboxylic acids is 2. The van der Waals surface area contributed by atoms with Gasteiger partial charge in [0, 0.05) is 24.5 Å². The second-order valence-corrected chi connectivity index (χ2v) is 8.16. The van der Waals surface area contributed by atoms with Crippen LogP contribution in [0.25, 0.3) is 0 Å². The average Bonchev–Trinajstić information content (AvgIpc) is 2.76. The fourth-order valence-electron chi connectivity index (χ4n) is 3.87. The standard InChI is InChI=1S/C24H32N4O3/c1-18-7-5-10-22(19(18)2)28-13-11-27(12-14-28)17-24(30)26(3)16-23(29)25-20-8-6-9-21(15-20)31-4/h5-10,15H,11-14,16-17H2,1-4H3,(H,25,29)/p+1. The second kappa shape index (κ2) is 10.3. The molecular formula is C24H33N4O3+. The molecule has 0 atom stereocenters. The van der Waals surface area contributed by atoms with Gasteiger partial charge in [-0.1, -0.05) is 18.2 Å². The van der Waals surface area contributed by atoms with Gasteiger partial charge in [0.15, 0.2) is 6.54 Å². The minimum absolute atomic E-state index is 0.0176. The van der Waals surface area contributed by atoms with Gasteiger partial charge in [-0.3, -0.25) is 9.59 Å². The quantitative estimate of drug-likeness (QED) is 0.698. The number of ether oxygens (including phenoxy) is 1. The van der Waals surface area contributed by atoms with E-state index in [1.807, 2.05) is 12.1 Å². The van der Waals surface area contributed by atoms with Crippen molar-refractivity contribution >= 4 is 23.2 Å². The van der Waals surface area contributed by atoms with Gasteiger partial charge in [-0.25, -0.2) is 0 Å². The number of hydrogen-bond donors (Lipinski definition) is 2. The van der Waals surface area contributed by atoms with Crippen LogP contribution in [0.3, 0.4) is 0 Å². The summed E-state index contributed by atoms with van der Waals surface area (Å²) in [6.07, 6.45) is 0. The number of likely N-dealkylation sites (N-methyl/N-ethyl adjacent to an activating group) is 1. The maximum atomic E-state index is 12.6. The summed E-state index contributed by atoms with van der Waals surface area (Å²) in [6, 6.07) is 13.6. The summed E-state index contributed by atoms with van der Waals surface area (Å²) >= 11 is 0. The molecule has 0 aliphatic carbocycles. The summed E-state index contributed by atoms with van der Waals surface area (Å²) < 4.78 is 5.17. The fourth-order valence-corrected chi connectivity index (χ4v) is 3.87. The molecule has 1 saturated heterocycles. The maximum absolute atomic E-state index is 12.6. The van der Waals surface area contributed by atoms with E-state index in [1.165, 1.54) is 26.6 Å². The highest BCUT2D eigenvalue weighted by molar-refractivity contribution is 5.94. The first-order valence-electron chi connectivity index (χ1n) is 10.7. The second-order valence-electron chi connectivity index (χ2n) is 8.16. The summed E-state index contributed by atoms with van der Waals surface area (Å²) in [7, 11) is 3.26. The van der Waals surface area contributed by atoms with Crippen molar-refractivity contribution in [3.63, 3.8) is 0 Å². The number of rotatable bonds is 7. The lowest BCUT2D eigenvalue weighted by Crippen LogP contribution is -3.15. The van der Waals surface area contributed by atoms with E-state index in [9.17, 15) is 9.59 Å². The van der Waals surface area contributed by atoms with Crippen molar-refractivity contribution in [1.29, 1.82) is 0 Å². The monoisotopic (exact) mass is 425 g/mol. The third kappa shape index (κ3) is 5.98. The van der Waals surface area contributed by atoms with E-state index in [1.54, 1.807) is 26.3 Å². The highest BCUT2D eigenvalue weighted by Gasteiger charge is 2.25. The van der Waals surface area contributed by atoms with Crippen molar-refractivity contribution in [3.05, 3.63) is 53.6 Å². The van der Waals surface area contributed by atoms with E-state index in [0.717, 1.165) is 26.2 Å². The van der Waals surface area contributed by atoms with Crippen molar-refractivity contribution in [2.45, 2.75) is 13.8 Å². The molecule has 0 spiro atoms. The van der Waals surface area contributed by atoms with Gasteiger partial charge in [-0.2, -0.15) is 0 Å². The van der Waals surface area contributed by atoms with Gasteiger partial charge in [0.1, 0.15) is 5.75 Å². The molecule has 2 N–H and O–H groups in total. The number of methoxy groups -OCH3 is 1. The predicted octanol–water partition coefficient (Wildman–Crippen LogP) is 1.11. The molecular weight excluding hydrogens is 392 g/mol. The summed E-state index contributed by atoms with van der Waals surface area (Å²) in [5.41, 5.74) is 4.57. The molecule has 7 nitrogen and oxygen atoms in total. The zero-order chi connectivity index (χ0) is 22.4. The van der Waals surface area contributed by atoms with Crippen molar-refractivity contribution in [2.24, 2.45) is 0 Å². The molecule has 1 aliphatic rings. The number of nitrogens with one attached hydrogen (secondary N) is 2. The maximum Gasteiger partial charge on any atom is 0.277 e. The third-order valence-corrected chi connectivity index (χ3v) is 5.95. The minimum atomic E-state index is -0.223. The Hall–Kier alpha value is -3.06. The molecule has 2 aromatic rings. The number of aryl methyl sites for hydroxylation is 1. The van der Waals surface area contributed by atoms with Crippen LogP contribution in [0.4, 0.5) is 11.4 Å². The minimum Gasteiger partial charge on any atom is -0.497 e. The molecule has 1 aliphatic heterocycles. The Kier molecular flexibility index (Phi) is 7.52. The number of benzene rings is 2. The lowest BCUT2D eigenvalue weighted by molar-refractivity contribution is -0.892. The predicted molar refractivity (Wildman–Crippen MR) is 123 cm³/mol. The Balaban J connectivity index is 1.45. The van der Waals surface area contributed by atoms with Gasteiger partial charge >= 0.3 is 0 Å². The topological polar surface area (TPSA) is 66.3 Å².